The van der Waals surface area contributed by atoms with Gasteiger partial charge in [-0.2, -0.15) is 0 Å². The zero-order chi connectivity index (χ0) is 18.8. The van der Waals surface area contributed by atoms with Crippen LogP contribution >= 0.6 is 0 Å². The molecule has 0 heterocycles. The molecular formula is C21H31NO3. The smallest absolute Gasteiger partial charge is 0.246 e. The van der Waals surface area contributed by atoms with Crippen LogP contribution in [0.4, 0.5) is 0 Å². The highest BCUT2D eigenvalue weighted by Crippen LogP contribution is 2.27. The van der Waals surface area contributed by atoms with Crippen LogP contribution in [0, 0.1) is 0 Å². The van der Waals surface area contributed by atoms with Crippen LogP contribution in [0.3, 0.4) is 0 Å². The minimum absolute atomic E-state index is 0.0511. The largest absolute Gasteiger partial charge is 0.493 e. The van der Waals surface area contributed by atoms with Gasteiger partial charge in [-0.1, -0.05) is 23.3 Å². The molecule has 1 amide bonds. The van der Waals surface area contributed by atoms with Crippen molar-refractivity contribution in [1.29, 1.82) is 0 Å². The summed E-state index contributed by atoms with van der Waals surface area (Å²) in [7, 11) is 5.08. The molecule has 1 aromatic carbocycles. The molecule has 0 aliphatic heterocycles. The summed E-state index contributed by atoms with van der Waals surface area (Å²) in [5.41, 5.74) is 3.54. The second-order valence-corrected chi connectivity index (χ2v) is 6.51. The van der Waals surface area contributed by atoms with Crippen molar-refractivity contribution >= 4 is 5.91 Å². The predicted octanol–water partition coefficient (Wildman–Crippen LogP) is 4.40. The van der Waals surface area contributed by atoms with Crippen molar-refractivity contribution < 1.29 is 14.3 Å². The standard InChI is InChI=1S/C21H31NO3/c1-16(2)8-7-9-17(3)14-21(23)22(4)13-12-18-10-11-19(24-5)20(15-18)25-6/h8,10-11,14-15H,7,9,12-13H2,1-6H3/b17-14+. The summed E-state index contributed by atoms with van der Waals surface area (Å²) in [4.78, 5) is 14.0. The van der Waals surface area contributed by atoms with Crippen molar-refractivity contribution in [1.82, 2.24) is 4.90 Å². The van der Waals surface area contributed by atoms with Gasteiger partial charge < -0.3 is 14.4 Å². The van der Waals surface area contributed by atoms with Crippen LogP contribution in [0.25, 0.3) is 0 Å². The average molecular weight is 345 g/mol. The van der Waals surface area contributed by atoms with Gasteiger partial charge in [-0.15, -0.1) is 0 Å². The normalized spacial score (nSPS) is 11.0. The molecule has 1 aromatic rings. The van der Waals surface area contributed by atoms with E-state index < -0.39 is 0 Å². The van der Waals surface area contributed by atoms with Gasteiger partial charge in [-0.25, -0.2) is 0 Å². The number of ether oxygens (including phenoxy) is 2. The number of methoxy groups -OCH3 is 2. The number of rotatable bonds is 9. The molecule has 138 valence electrons. The molecular weight excluding hydrogens is 314 g/mol. The molecule has 0 aliphatic rings. The number of nitrogens with zero attached hydrogens (tertiary/aromatic N) is 1. The fourth-order valence-corrected chi connectivity index (χ4v) is 2.42. The maximum Gasteiger partial charge on any atom is 0.246 e. The SMILES string of the molecule is COc1ccc(CCN(C)C(=O)/C=C(\C)CCC=C(C)C)cc1OC. The Kier molecular flexibility index (Phi) is 8.82. The van der Waals surface area contributed by atoms with Gasteiger partial charge in [0.2, 0.25) is 5.91 Å². The van der Waals surface area contributed by atoms with Crippen LogP contribution in [0.15, 0.2) is 41.5 Å². The molecule has 0 saturated heterocycles. The summed E-state index contributed by atoms with van der Waals surface area (Å²) in [5.74, 6) is 1.48. The third-order valence-electron chi connectivity index (χ3n) is 4.02. The van der Waals surface area contributed by atoms with E-state index >= 15 is 0 Å². The molecule has 0 fully saturated rings. The van der Waals surface area contributed by atoms with Gasteiger partial charge in [0.15, 0.2) is 11.5 Å². The summed E-state index contributed by atoms with van der Waals surface area (Å²) >= 11 is 0. The van der Waals surface area contributed by atoms with Gasteiger partial charge in [-0.05, 0) is 57.7 Å². The second-order valence-electron chi connectivity index (χ2n) is 6.51. The number of carbonyl (C=O) groups excluding carboxylic acids is 1. The molecule has 0 bridgehead atoms. The number of likely N-dealkylation sites (N-methyl/N-ethyl adjacent to an activating group) is 1. The molecule has 0 atom stereocenters. The number of hydrogen-bond acceptors (Lipinski definition) is 3. The predicted molar refractivity (Wildman–Crippen MR) is 103 cm³/mol. The number of carbonyl (C=O) groups is 1. The van der Waals surface area contributed by atoms with E-state index in [1.807, 2.05) is 32.2 Å². The molecule has 0 N–H and O–H groups in total. The van der Waals surface area contributed by atoms with Crippen molar-refractivity contribution in [3.05, 3.63) is 47.1 Å². The van der Waals surface area contributed by atoms with Crippen LogP contribution in [0.5, 0.6) is 11.5 Å². The van der Waals surface area contributed by atoms with Gasteiger partial charge in [-0.3, -0.25) is 4.79 Å². The fraction of sp³-hybridized carbons (Fsp3) is 0.476. The number of hydrogen-bond donors (Lipinski definition) is 0. The molecule has 0 radical (unpaired) electrons. The molecule has 0 unspecified atom stereocenters. The second kappa shape index (κ2) is 10.6. The van der Waals surface area contributed by atoms with E-state index in [4.69, 9.17) is 9.47 Å². The number of allylic oxidation sites excluding steroid dienone is 3. The Hall–Kier alpha value is -2.23. The van der Waals surface area contributed by atoms with E-state index in [9.17, 15) is 4.79 Å². The first-order valence-corrected chi connectivity index (χ1v) is 8.64. The maximum absolute atomic E-state index is 12.3. The Bertz CT molecular complexity index is 628. The van der Waals surface area contributed by atoms with Crippen molar-refractivity contribution in [3.63, 3.8) is 0 Å². The Morgan fingerprint density at radius 3 is 2.40 bits per heavy atom. The quantitative estimate of drug-likeness (QED) is 0.492. The molecule has 0 spiro atoms. The molecule has 4 nitrogen and oxygen atoms in total. The lowest BCUT2D eigenvalue weighted by Crippen LogP contribution is -2.27. The lowest BCUT2D eigenvalue weighted by Gasteiger charge is -2.16. The molecule has 0 aromatic heterocycles. The van der Waals surface area contributed by atoms with Crippen LogP contribution in [0.2, 0.25) is 0 Å². The maximum atomic E-state index is 12.3. The van der Waals surface area contributed by atoms with Gasteiger partial charge >= 0.3 is 0 Å². The van der Waals surface area contributed by atoms with E-state index in [2.05, 4.69) is 19.9 Å². The first-order valence-electron chi connectivity index (χ1n) is 8.64. The molecule has 25 heavy (non-hydrogen) atoms. The van der Waals surface area contributed by atoms with Crippen molar-refractivity contribution in [2.24, 2.45) is 0 Å². The summed E-state index contributed by atoms with van der Waals surface area (Å²) < 4.78 is 10.6. The minimum Gasteiger partial charge on any atom is -0.493 e. The third-order valence-corrected chi connectivity index (χ3v) is 4.02. The number of benzene rings is 1. The minimum atomic E-state index is 0.0511. The Balaban J connectivity index is 2.56. The summed E-state index contributed by atoms with van der Waals surface area (Å²) in [6.45, 7) is 6.85. The summed E-state index contributed by atoms with van der Waals surface area (Å²) in [5, 5.41) is 0. The van der Waals surface area contributed by atoms with Gasteiger partial charge in [0.1, 0.15) is 0 Å². The van der Waals surface area contributed by atoms with E-state index in [0.717, 1.165) is 30.4 Å². The van der Waals surface area contributed by atoms with Crippen molar-refractivity contribution in [2.45, 2.75) is 40.0 Å². The number of amides is 1. The van der Waals surface area contributed by atoms with E-state index in [0.29, 0.717) is 18.0 Å². The molecule has 0 aliphatic carbocycles. The molecule has 0 saturated carbocycles. The lowest BCUT2D eigenvalue weighted by atomic mass is 10.1. The van der Waals surface area contributed by atoms with Crippen LogP contribution in [-0.4, -0.2) is 38.6 Å². The Morgan fingerprint density at radius 1 is 1.12 bits per heavy atom. The highest BCUT2D eigenvalue weighted by molar-refractivity contribution is 5.88. The van der Waals surface area contributed by atoms with Crippen LogP contribution in [-0.2, 0) is 11.2 Å². The molecule has 4 heteroatoms. The van der Waals surface area contributed by atoms with Crippen molar-refractivity contribution in [3.8, 4) is 11.5 Å². The van der Waals surface area contributed by atoms with Crippen LogP contribution < -0.4 is 9.47 Å². The highest BCUT2D eigenvalue weighted by atomic mass is 16.5. The fourth-order valence-electron chi connectivity index (χ4n) is 2.42. The summed E-state index contributed by atoms with van der Waals surface area (Å²) in [6.07, 6.45) is 6.61. The first kappa shape index (κ1) is 20.8. The van der Waals surface area contributed by atoms with Gasteiger partial charge in [0, 0.05) is 19.7 Å². The monoisotopic (exact) mass is 345 g/mol. The highest BCUT2D eigenvalue weighted by Gasteiger charge is 2.08. The zero-order valence-electron chi connectivity index (χ0n) is 16.4. The topological polar surface area (TPSA) is 38.8 Å². The van der Waals surface area contributed by atoms with Gasteiger partial charge in [0.25, 0.3) is 0 Å². The average Bonchev–Trinajstić information content (AvgIpc) is 2.58. The van der Waals surface area contributed by atoms with E-state index in [1.54, 1.807) is 25.2 Å². The third kappa shape index (κ3) is 7.46. The zero-order valence-corrected chi connectivity index (χ0v) is 16.4. The summed E-state index contributed by atoms with van der Waals surface area (Å²) in [6, 6.07) is 5.85. The molecule has 1 rings (SSSR count). The van der Waals surface area contributed by atoms with Gasteiger partial charge in [0.05, 0.1) is 14.2 Å². The van der Waals surface area contributed by atoms with E-state index in [1.165, 1.54) is 5.57 Å². The van der Waals surface area contributed by atoms with Crippen molar-refractivity contribution in [2.75, 3.05) is 27.8 Å². The Morgan fingerprint density at radius 2 is 1.80 bits per heavy atom. The van der Waals surface area contributed by atoms with E-state index in [-0.39, 0.29) is 5.91 Å². The Labute approximate surface area is 152 Å². The first-order chi connectivity index (χ1) is 11.9. The lowest BCUT2D eigenvalue weighted by molar-refractivity contribution is -0.124. The van der Waals surface area contributed by atoms with Crippen LogP contribution in [0.1, 0.15) is 39.2 Å².